The third-order valence-electron chi connectivity index (χ3n) is 5.31. The molecule has 0 spiro atoms. The van der Waals surface area contributed by atoms with Crippen LogP contribution in [0.25, 0.3) is 10.9 Å². The number of aryl methyl sites for hydroxylation is 3. The third-order valence-corrected chi connectivity index (χ3v) is 5.31. The summed E-state index contributed by atoms with van der Waals surface area (Å²) < 4.78 is 0. The second kappa shape index (κ2) is 9.53. The van der Waals surface area contributed by atoms with Crippen molar-refractivity contribution in [3.05, 3.63) is 69.7 Å². The maximum Gasteiger partial charge on any atom is 0.252 e. The minimum Gasteiger partial charge on any atom is -0.348 e. The van der Waals surface area contributed by atoms with Gasteiger partial charge in [-0.1, -0.05) is 18.2 Å². The van der Waals surface area contributed by atoms with Crippen molar-refractivity contribution in [3.8, 4) is 0 Å². The minimum atomic E-state index is -0.0676. The quantitative estimate of drug-likeness (QED) is 0.656. The van der Waals surface area contributed by atoms with Crippen LogP contribution >= 0.6 is 24.8 Å². The zero-order valence-corrected chi connectivity index (χ0v) is 18.5. The van der Waals surface area contributed by atoms with Crippen LogP contribution in [0.1, 0.15) is 44.0 Å². The molecule has 0 saturated carbocycles. The predicted molar refractivity (Wildman–Crippen MR) is 121 cm³/mol. The molecule has 1 aromatic carbocycles. The molecule has 2 N–H and O–H groups in total. The first-order chi connectivity index (χ1) is 13.0. The Balaban J connectivity index is 0.00000150. The minimum absolute atomic E-state index is 0. The Kier molecular flexibility index (Phi) is 7.58. The van der Waals surface area contributed by atoms with E-state index in [0.717, 1.165) is 52.9 Å². The van der Waals surface area contributed by atoms with Gasteiger partial charge in [-0.25, -0.2) is 0 Å². The highest BCUT2D eigenvalue weighted by Gasteiger charge is 2.18. The molecule has 0 unspecified atom stereocenters. The largest absolute Gasteiger partial charge is 0.348 e. The summed E-state index contributed by atoms with van der Waals surface area (Å²) in [4.78, 5) is 22.1. The Morgan fingerprint density at radius 3 is 2.79 bits per heavy atom. The Labute approximate surface area is 183 Å². The molecule has 1 aliphatic rings. The molecule has 1 aliphatic heterocycles. The summed E-state index contributed by atoms with van der Waals surface area (Å²) in [6.07, 6.45) is 2.92. The number of carbonyl (C=O) groups is 1. The Morgan fingerprint density at radius 2 is 2.00 bits per heavy atom. The third kappa shape index (κ3) is 4.53. The second-order valence-corrected chi connectivity index (χ2v) is 7.22. The molecule has 29 heavy (non-hydrogen) atoms. The van der Waals surface area contributed by atoms with Crippen molar-refractivity contribution < 1.29 is 4.79 Å². The zero-order chi connectivity index (χ0) is 19.0. The van der Waals surface area contributed by atoms with E-state index in [1.54, 1.807) is 0 Å². The molecule has 0 atom stereocenters. The van der Waals surface area contributed by atoms with Gasteiger partial charge in [0, 0.05) is 36.1 Å². The number of para-hydroxylation sites is 1. The van der Waals surface area contributed by atoms with Crippen molar-refractivity contribution >= 4 is 41.6 Å². The Bertz CT molecular complexity index is 1050. The van der Waals surface area contributed by atoms with Gasteiger partial charge in [-0.2, -0.15) is 0 Å². The predicted octanol–water partition coefficient (Wildman–Crippen LogP) is 3.97. The SMILES string of the molecule is Cc1cc(C(=O)NCc2c(C)ncc3c2CCNC3)c2cccc(C)c2n1.Cl.Cl. The number of hydrogen-bond acceptors (Lipinski definition) is 4. The lowest BCUT2D eigenvalue weighted by Crippen LogP contribution is -2.29. The summed E-state index contributed by atoms with van der Waals surface area (Å²) in [5, 5.41) is 7.39. The van der Waals surface area contributed by atoms with Gasteiger partial charge >= 0.3 is 0 Å². The smallest absolute Gasteiger partial charge is 0.252 e. The van der Waals surface area contributed by atoms with Gasteiger partial charge in [0.2, 0.25) is 0 Å². The fourth-order valence-corrected chi connectivity index (χ4v) is 3.85. The first kappa shape index (κ1) is 23.1. The van der Waals surface area contributed by atoms with Gasteiger partial charge in [-0.05, 0) is 62.1 Å². The molecule has 7 heteroatoms. The molecule has 0 radical (unpaired) electrons. The van der Waals surface area contributed by atoms with Crippen molar-refractivity contribution in [1.82, 2.24) is 20.6 Å². The standard InChI is InChI=1S/C22H24N4O.2ClH/c1-13-5-4-6-18-19(9-14(2)26-21(13)18)22(27)25-12-20-15(3)24-11-16-10-23-8-7-17(16)20;;/h4-6,9,11,23H,7-8,10,12H2,1-3H3,(H,25,27);2*1H. The molecule has 0 saturated heterocycles. The number of amides is 1. The van der Waals surface area contributed by atoms with Crippen LogP contribution in [0.3, 0.4) is 0 Å². The molecule has 5 nitrogen and oxygen atoms in total. The van der Waals surface area contributed by atoms with Gasteiger partial charge in [0.05, 0.1) is 11.1 Å². The summed E-state index contributed by atoms with van der Waals surface area (Å²) in [5.74, 6) is -0.0676. The van der Waals surface area contributed by atoms with E-state index in [9.17, 15) is 4.79 Å². The number of aromatic nitrogens is 2. The van der Waals surface area contributed by atoms with Gasteiger partial charge in [0.15, 0.2) is 0 Å². The lowest BCUT2D eigenvalue weighted by Gasteiger charge is -2.21. The number of hydrogen-bond donors (Lipinski definition) is 2. The summed E-state index contributed by atoms with van der Waals surface area (Å²) in [5.41, 5.74) is 8.20. The number of benzene rings is 1. The normalized spacial score (nSPS) is 12.5. The van der Waals surface area contributed by atoms with Crippen molar-refractivity contribution in [1.29, 1.82) is 0 Å². The van der Waals surface area contributed by atoms with Crippen LogP contribution in [0.4, 0.5) is 0 Å². The van der Waals surface area contributed by atoms with E-state index >= 15 is 0 Å². The molecule has 0 aliphatic carbocycles. The number of carbonyl (C=O) groups excluding carboxylic acids is 1. The summed E-state index contributed by atoms with van der Waals surface area (Å²) >= 11 is 0. The molecule has 0 bridgehead atoms. The Morgan fingerprint density at radius 1 is 1.21 bits per heavy atom. The lowest BCUT2D eigenvalue weighted by atomic mass is 9.96. The van der Waals surface area contributed by atoms with Gasteiger partial charge in [-0.3, -0.25) is 14.8 Å². The molecule has 1 amide bonds. The number of nitrogens with zero attached hydrogens (tertiary/aromatic N) is 2. The molecular formula is C22H26Cl2N4O. The number of halogens is 2. The highest BCUT2D eigenvalue weighted by molar-refractivity contribution is 6.06. The van der Waals surface area contributed by atoms with Crippen LogP contribution in [-0.4, -0.2) is 22.4 Å². The maximum atomic E-state index is 13.0. The van der Waals surface area contributed by atoms with E-state index in [-0.39, 0.29) is 30.7 Å². The molecule has 3 heterocycles. The zero-order valence-electron chi connectivity index (χ0n) is 16.8. The van der Waals surface area contributed by atoms with Gasteiger partial charge in [-0.15, -0.1) is 24.8 Å². The number of rotatable bonds is 3. The van der Waals surface area contributed by atoms with Gasteiger partial charge < -0.3 is 10.6 Å². The lowest BCUT2D eigenvalue weighted by molar-refractivity contribution is 0.0952. The van der Waals surface area contributed by atoms with Crippen LogP contribution in [0.2, 0.25) is 0 Å². The maximum absolute atomic E-state index is 13.0. The number of nitrogens with one attached hydrogen (secondary N) is 2. The molecule has 154 valence electrons. The summed E-state index contributed by atoms with van der Waals surface area (Å²) in [7, 11) is 0. The average molecular weight is 433 g/mol. The topological polar surface area (TPSA) is 66.9 Å². The average Bonchev–Trinajstić information content (AvgIpc) is 2.67. The van der Waals surface area contributed by atoms with Crippen LogP contribution < -0.4 is 10.6 Å². The molecular weight excluding hydrogens is 407 g/mol. The van der Waals surface area contributed by atoms with Crippen molar-refractivity contribution in [2.45, 2.75) is 40.3 Å². The first-order valence-electron chi connectivity index (χ1n) is 9.36. The van der Waals surface area contributed by atoms with Gasteiger partial charge in [0.1, 0.15) is 0 Å². The van der Waals surface area contributed by atoms with E-state index in [0.29, 0.717) is 12.1 Å². The molecule has 4 rings (SSSR count). The molecule has 3 aromatic rings. The van der Waals surface area contributed by atoms with E-state index < -0.39 is 0 Å². The molecule has 2 aromatic heterocycles. The van der Waals surface area contributed by atoms with Crippen LogP contribution in [0, 0.1) is 20.8 Å². The fourth-order valence-electron chi connectivity index (χ4n) is 3.85. The number of fused-ring (bicyclic) bond motifs is 2. The van der Waals surface area contributed by atoms with Crippen LogP contribution in [0.15, 0.2) is 30.5 Å². The van der Waals surface area contributed by atoms with E-state index in [2.05, 4.69) is 20.6 Å². The Hall–Kier alpha value is -2.21. The van der Waals surface area contributed by atoms with E-state index in [1.165, 1.54) is 11.1 Å². The highest BCUT2D eigenvalue weighted by Crippen LogP contribution is 2.23. The summed E-state index contributed by atoms with van der Waals surface area (Å²) in [6.45, 7) is 8.27. The fraction of sp³-hybridized carbons (Fsp3) is 0.318. The van der Waals surface area contributed by atoms with E-state index in [1.807, 2.05) is 51.2 Å². The monoisotopic (exact) mass is 432 g/mol. The van der Waals surface area contributed by atoms with Crippen molar-refractivity contribution in [2.75, 3.05) is 6.54 Å². The second-order valence-electron chi connectivity index (χ2n) is 7.22. The number of pyridine rings is 2. The van der Waals surface area contributed by atoms with Crippen LogP contribution in [-0.2, 0) is 19.5 Å². The first-order valence-corrected chi connectivity index (χ1v) is 9.36. The van der Waals surface area contributed by atoms with Crippen LogP contribution in [0.5, 0.6) is 0 Å². The van der Waals surface area contributed by atoms with Crippen molar-refractivity contribution in [3.63, 3.8) is 0 Å². The van der Waals surface area contributed by atoms with Crippen molar-refractivity contribution in [2.24, 2.45) is 0 Å². The summed E-state index contributed by atoms with van der Waals surface area (Å²) in [6, 6.07) is 7.83. The highest BCUT2D eigenvalue weighted by atomic mass is 35.5. The van der Waals surface area contributed by atoms with E-state index in [4.69, 9.17) is 0 Å². The molecule has 0 fully saturated rings. The van der Waals surface area contributed by atoms with Gasteiger partial charge in [0.25, 0.3) is 5.91 Å².